The van der Waals surface area contributed by atoms with Gasteiger partial charge in [0, 0.05) is 12.0 Å². The number of ether oxygens (including phenoxy) is 2. The highest BCUT2D eigenvalue weighted by molar-refractivity contribution is 6.11. The van der Waals surface area contributed by atoms with Crippen LogP contribution in [0.2, 0.25) is 0 Å². The van der Waals surface area contributed by atoms with Crippen molar-refractivity contribution in [3.63, 3.8) is 0 Å². The molecule has 3 aromatic rings. The first-order valence-corrected chi connectivity index (χ1v) is 6.77. The molecule has 1 atom stereocenters. The van der Waals surface area contributed by atoms with Crippen molar-refractivity contribution in [2.24, 2.45) is 0 Å². The third-order valence-corrected chi connectivity index (χ3v) is 4.01. The highest BCUT2D eigenvalue weighted by Crippen LogP contribution is 2.41. The van der Waals surface area contributed by atoms with Crippen LogP contribution in [0.3, 0.4) is 0 Å². The van der Waals surface area contributed by atoms with Gasteiger partial charge >= 0.3 is 0 Å². The van der Waals surface area contributed by atoms with Gasteiger partial charge in [-0.15, -0.1) is 0 Å². The van der Waals surface area contributed by atoms with Crippen molar-refractivity contribution < 1.29 is 19.7 Å². The molecule has 4 nitrogen and oxygen atoms in total. The van der Waals surface area contributed by atoms with E-state index in [1.54, 1.807) is 6.07 Å². The van der Waals surface area contributed by atoms with E-state index in [9.17, 15) is 10.2 Å². The Kier molecular flexibility index (Phi) is 2.50. The molecule has 1 aliphatic rings. The number of aliphatic hydroxyl groups excluding tert-OH is 1. The largest absolute Gasteiger partial charge is 0.504 e. The Morgan fingerprint density at radius 1 is 1.14 bits per heavy atom. The number of hydrogen-bond acceptors (Lipinski definition) is 4. The molecule has 21 heavy (non-hydrogen) atoms. The molecule has 0 saturated carbocycles. The molecule has 2 N–H and O–H groups in total. The molecule has 0 unspecified atom stereocenters. The maximum absolute atomic E-state index is 9.93. The molecule has 106 valence electrons. The standard InChI is InChI=1S/C17H14O4/c1-20-15-7-11-10(6-13(15)18)3-2-9-4-5-14-12(17(9)11)8-16(19)21-14/h2-7,16,18-19H,8H2,1H3/t16-/m0/s1. The van der Waals surface area contributed by atoms with Crippen molar-refractivity contribution in [3.05, 3.63) is 42.0 Å². The van der Waals surface area contributed by atoms with Crippen LogP contribution in [0.1, 0.15) is 5.56 Å². The smallest absolute Gasteiger partial charge is 0.201 e. The monoisotopic (exact) mass is 282 g/mol. The van der Waals surface area contributed by atoms with Crippen molar-refractivity contribution in [2.75, 3.05) is 7.11 Å². The maximum Gasteiger partial charge on any atom is 0.201 e. The summed E-state index contributed by atoms with van der Waals surface area (Å²) in [5, 5.41) is 23.7. The lowest BCUT2D eigenvalue weighted by Crippen LogP contribution is -2.09. The fourth-order valence-electron chi connectivity index (χ4n) is 3.06. The molecule has 0 aromatic heterocycles. The number of aromatic hydroxyl groups is 1. The van der Waals surface area contributed by atoms with Gasteiger partial charge in [-0.3, -0.25) is 0 Å². The molecular weight excluding hydrogens is 268 g/mol. The summed E-state index contributed by atoms with van der Waals surface area (Å²) in [5.41, 5.74) is 0.998. The van der Waals surface area contributed by atoms with E-state index >= 15 is 0 Å². The zero-order valence-electron chi connectivity index (χ0n) is 11.5. The van der Waals surface area contributed by atoms with Crippen LogP contribution in [0.4, 0.5) is 0 Å². The van der Waals surface area contributed by atoms with Crippen LogP contribution in [-0.4, -0.2) is 23.6 Å². The molecule has 0 fully saturated rings. The Bertz CT molecular complexity index is 870. The number of aliphatic hydroxyl groups is 1. The molecule has 4 heteroatoms. The van der Waals surface area contributed by atoms with Gasteiger partial charge in [0.15, 0.2) is 11.5 Å². The molecule has 3 aromatic carbocycles. The SMILES string of the molecule is COc1cc2c(ccc3ccc4c(c32)C[C@@H](O)O4)cc1O. The van der Waals surface area contributed by atoms with Crippen LogP contribution in [0.15, 0.2) is 36.4 Å². The number of rotatable bonds is 1. The summed E-state index contributed by atoms with van der Waals surface area (Å²) in [6.45, 7) is 0. The number of phenolic OH excluding ortho intramolecular Hbond substituents is 1. The zero-order chi connectivity index (χ0) is 14.6. The Balaban J connectivity index is 2.15. The third kappa shape index (κ3) is 1.73. The van der Waals surface area contributed by atoms with Crippen molar-refractivity contribution in [1.82, 2.24) is 0 Å². The van der Waals surface area contributed by atoms with Crippen LogP contribution in [0, 0.1) is 0 Å². The summed E-state index contributed by atoms with van der Waals surface area (Å²) in [6, 6.07) is 11.4. The normalized spacial score (nSPS) is 17.0. The predicted octanol–water partition coefficient (Wildman–Crippen LogP) is 2.96. The average molecular weight is 282 g/mol. The highest BCUT2D eigenvalue weighted by atomic mass is 16.6. The summed E-state index contributed by atoms with van der Waals surface area (Å²) < 4.78 is 10.6. The first kappa shape index (κ1) is 12.3. The van der Waals surface area contributed by atoms with Gasteiger partial charge in [0.25, 0.3) is 0 Å². The van der Waals surface area contributed by atoms with E-state index in [0.717, 1.165) is 32.9 Å². The van der Waals surface area contributed by atoms with Gasteiger partial charge in [0.1, 0.15) is 5.75 Å². The highest BCUT2D eigenvalue weighted by Gasteiger charge is 2.23. The molecule has 4 rings (SSSR count). The molecule has 0 saturated heterocycles. The predicted molar refractivity (Wildman–Crippen MR) is 80.0 cm³/mol. The zero-order valence-corrected chi connectivity index (χ0v) is 11.5. The number of phenols is 1. The molecule has 1 aliphatic heterocycles. The molecular formula is C17H14O4. The molecule has 0 bridgehead atoms. The maximum atomic E-state index is 9.93. The van der Waals surface area contributed by atoms with Crippen molar-refractivity contribution >= 4 is 21.5 Å². The third-order valence-electron chi connectivity index (χ3n) is 4.01. The number of methoxy groups -OCH3 is 1. The lowest BCUT2D eigenvalue weighted by atomic mass is 9.96. The lowest BCUT2D eigenvalue weighted by Gasteiger charge is -2.10. The minimum atomic E-state index is -0.792. The average Bonchev–Trinajstić information content (AvgIpc) is 2.86. The Labute approximate surface area is 121 Å². The Morgan fingerprint density at radius 3 is 2.71 bits per heavy atom. The topological polar surface area (TPSA) is 58.9 Å². The summed E-state index contributed by atoms with van der Waals surface area (Å²) in [5.74, 6) is 1.27. The van der Waals surface area contributed by atoms with Crippen molar-refractivity contribution in [1.29, 1.82) is 0 Å². The van der Waals surface area contributed by atoms with E-state index in [2.05, 4.69) is 0 Å². The Morgan fingerprint density at radius 2 is 1.90 bits per heavy atom. The number of benzene rings is 3. The van der Waals surface area contributed by atoms with Crippen LogP contribution >= 0.6 is 0 Å². The number of fused-ring (bicyclic) bond motifs is 5. The van der Waals surface area contributed by atoms with Gasteiger partial charge in [-0.25, -0.2) is 0 Å². The van der Waals surface area contributed by atoms with Gasteiger partial charge in [-0.2, -0.15) is 0 Å². The van der Waals surface area contributed by atoms with Crippen LogP contribution in [-0.2, 0) is 6.42 Å². The summed E-state index contributed by atoms with van der Waals surface area (Å²) in [6.07, 6.45) is -0.325. The first-order valence-electron chi connectivity index (χ1n) is 6.77. The van der Waals surface area contributed by atoms with E-state index in [1.165, 1.54) is 7.11 Å². The van der Waals surface area contributed by atoms with E-state index < -0.39 is 6.29 Å². The Hall–Kier alpha value is -2.46. The fourth-order valence-corrected chi connectivity index (χ4v) is 3.06. The minimum Gasteiger partial charge on any atom is -0.504 e. The van der Waals surface area contributed by atoms with Gasteiger partial charge in [-0.1, -0.05) is 18.2 Å². The van der Waals surface area contributed by atoms with Crippen molar-refractivity contribution in [3.8, 4) is 17.2 Å². The quantitative estimate of drug-likeness (QED) is 0.674. The number of hydrogen-bond donors (Lipinski definition) is 2. The van der Waals surface area contributed by atoms with E-state index in [1.807, 2.05) is 30.3 Å². The molecule has 0 radical (unpaired) electrons. The minimum absolute atomic E-state index is 0.119. The van der Waals surface area contributed by atoms with Crippen LogP contribution in [0.5, 0.6) is 17.2 Å². The van der Waals surface area contributed by atoms with Crippen LogP contribution in [0.25, 0.3) is 21.5 Å². The van der Waals surface area contributed by atoms with Crippen molar-refractivity contribution in [2.45, 2.75) is 12.7 Å². The van der Waals surface area contributed by atoms with Gasteiger partial charge < -0.3 is 19.7 Å². The second-order valence-electron chi connectivity index (χ2n) is 5.23. The molecule has 1 heterocycles. The second-order valence-corrected chi connectivity index (χ2v) is 5.23. The fraction of sp³-hybridized carbons (Fsp3) is 0.176. The first-order chi connectivity index (χ1) is 10.2. The molecule has 0 amide bonds. The summed E-state index contributed by atoms with van der Waals surface area (Å²) in [7, 11) is 1.53. The van der Waals surface area contributed by atoms with E-state index in [0.29, 0.717) is 12.2 Å². The van der Waals surface area contributed by atoms with E-state index in [-0.39, 0.29) is 5.75 Å². The van der Waals surface area contributed by atoms with Gasteiger partial charge in [0.05, 0.1) is 7.11 Å². The second kappa shape index (κ2) is 4.27. The van der Waals surface area contributed by atoms with Crippen LogP contribution < -0.4 is 9.47 Å². The van der Waals surface area contributed by atoms with E-state index in [4.69, 9.17) is 9.47 Å². The summed E-state index contributed by atoms with van der Waals surface area (Å²) in [4.78, 5) is 0. The lowest BCUT2D eigenvalue weighted by molar-refractivity contribution is 0.00218. The molecule has 0 aliphatic carbocycles. The molecule has 0 spiro atoms. The van der Waals surface area contributed by atoms with Gasteiger partial charge in [0.2, 0.25) is 6.29 Å². The van der Waals surface area contributed by atoms with Gasteiger partial charge in [-0.05, 0) is 39.7 Å². The summed E-state index contributed by atoms with van der Waals surface area (Å²) >= 11 is 0.